The highest BCUT2D eigenvalue weighted by Crippen LogP contribution is 2.30. The van der Waals surface area contributed by atoms with Crippen LogP contribution in [0, 0.1) is 13.8 Å². The van der Waals surface area contributed by atoms with Gasteiger partial charge in [0.15, 0.2) is 0 Å². The Labute approximate surface area is 136 Å². The number of aliphatic carboxylic acids is 1. The maximum Gasteiger partial charge on any atom is 0.311 e. The summed E-state index contributed by atoms with van der Waals surface area (Å²) in [5.74, 6) is -0.126. The van der Waals surface area contributed by atoms with E-state index in [1.54, 1.807) is 26.4 Å². The van der Waals surface area contributed by atoms with E-state index in [0.29, 0.717) is 17.9 Å². The predicted octanol–water partition coefficient (Wildman–Crippen LogP) is 3.73. The Morgan fingerprint density at radius 2 is 1.78 bits per heavy atom. The van der Waals surface area contributed by atoms with Crippen molar-refractivity contribution >= 4 is 5.97 Å². The van der Waals surface area contributed by atoms with Gasteiger partial charge >= 0.3 is 5.97 Å². The molecule has 0 aliphatic heterocycles. The number of aryl methyl sites for hydroxylation is 2. The molecule has 0 saturated heterocycles. The quantitative estimate of drug-likeness (QED) is 0.882. The fraction of sp³-hybridized carbons (Fsp3) is 0.316. The van der Waals surface area contributed by atoms with Crippen molar-refractivity contribution in [1.29, 1.82) is 0 Å². The van der Waals surface area contributed by atoms with Gasteiger partial charge in [-0.15, -0.1) is 0 Å². The van der Waals surface area contributed by atoms with Gasteiger partial charge in [0.2, 0.25) is 0 Å². The van der Waals surface area contributed by atoms with Crippen molar-refractivity contribution in [2.24, 2.45) is 0 Å². The highest BCUT2D eigenvalue weighted by Gasteiger charge is 2.22. The van der Waals surface area contributed by atoms with E-state index in [0.717, 1.165) is 22.3 Å². The molecule has 0 aliphatic rings. The molecule has 1 atom stereocenters. The summed E-state index contributed by atoms with van der Waals surface area (Å²) in [7, 11) is 3.17. The van der Waals surface area contributed by atoms with Gasteiger partial charge in [0.1, 0.15) is 11.5 Å². The van der Waals surface area contributed by atoms with Gasteiger partial charge in [-0.25, -0.2) is 0 Å². The minimum Gasteiger partial charge on any atom is -0.497 e. The van der Waals surface area contributed by atoms with Gasteiger partial charge in [0.05, 0.1) is 20.1 Å². The van der Waals surface area contributed by atoms with E-state index in [9.17, 15) is 9.90 Å². The third-order valence-electron chi connectivity index (χ3n) is 4.14. The Morgan fingerprint density at radius 1 is 1.04 bits per heavy atom. The van der Waals surface area contributed by atoms with E-state index in [1.165, 1.54) is 0 Å². The maximum absolute atomic E-state index is 11.8. The lowest BCUT2D eigenvalue weighted by Crippen LogP contribution is -2.15. The second-order valence-electron chi connectivity index (χ2n) is 5.62. The Hall–Kier alpha value is -2.49. The molecule has 0 aliphatic carbocycles. The van der Waals surface area contributed by atoms with Gasteiger partial charge in [-0.1, -0.05) is 18.2 Å². The number of hydrogen-bond donors (Lipinski definition) is 1. The van der Waals surface area contributed by atoms with Crippen LogP contribution in [0.4, 0.5) is 0 Å². The van der Waals surface area contributed by atoms with Gasteiger partial charge in [0, 0.05) is 0 Å². The van der Waals surface area contributed by atoms with Gasteiger partial charge in [-0.05, 0) is 60.7 Å². The first-order valence-corrected chi connectivity index (χ1v) is 7.47. The van der Waals surface area contributed by atoms with Crippen molar-refractivity contribution < 1.29 is 19.4 Å². The SMILES string of the molecule is COc1ccc(OC)c(CC(C(=O)O)c2ccc(C)c(C)c2)c1. The molecule has 0 heterocycles. The number of rotatable bonds is 6. The normalized spacial score (nSPS) is 11.8. The first-order chi connectivity index (χ1) is 11.0. The number of carboxylic acids is 1. The maximum atomic E-state index is 11.8. The van der Waals surface area contributed by atoms with Crippen LogP contribution in [0.1, 0.15) is 28.2 Å². The average molecular weight is 314 g/mol. The van der Waals surface area contributed by atoms with E-state index in [1.807, 2.05) is 38.1 Å². The van der Waals surface area contributed by atoms with Crippen LogP contribution in [0.5, 0.6) is 11.5 Å². The number of carbonyl (C=O) groups is 1. The Balaban J connectivity index is 2.40. The van der Waals surface area contributed by atoms with E-state index < -0.39 is 11.9 Å². The molecule has 2 aromatic rings. The number of ether oxygens (including phenoxy) is 2. The van der Waals surface area contributed by atoms with Gasteiger partial charge in [-0.3, -0.25) is 4.79 Å². The molecule has 122 valence electrons. The smallest absolute Gasteiger partial charge is 0.311 e. The molecule has 0 bridgehead atoms. The molecule has 1 N–H and O–H groups in total. The largest absolute Gasteiger partial charge is 0.497 e. The van der Waals surface area contributed by atoms with Crippen LogP contribution in [0.3, 0.4) is 0 Å². The summed E-state index contributed by atoms with van der Waals surface area (Å²) >= 11 is 0. The standard InChI is InChI=1S/C19H22O4/c1-12-5-6-14(9-13(12)2)17(19(20)21)11-15-10-16(22-3)7-8-18(15)23-4/h5-10,17H,11H2,1-4H3,(H,20,21). The number of benzene rings is 2. The molecule has 2 rings (SSSR count). The fourth-order valence-corrected chi connectivity index (χ4v) is 2.59. The van der Waals surface area contributed by atoms with Crippen LogP contribution in [-0.2, 0) is 11.2 Å². The summed E-state index contributed by atoms with van der Waals surface area (Å²) in [5.41, 5.74) is 3.85. The zero-order valence-electron chi connectivity index (χ0n) is 13.9. The lowest BCUT2D eigenvalue weighted by molar-refractivity contribution is -0.138. The molecule has 4 nitrogen and oxygen atoms in total. The zero-order chi connectivity index (χ0) is 17.0. The molecule has 0 radical (unpaired) electrons. The highest BCUT2D eigenvalue weighted by molar-refractivity contribution is 5.77. The second-order valence-corrected chi connectivity index (χ2v) is 5.62. The van der Waals surface area contributed by atoms with Crippen LogP contribution in [-0.4, -0.2) is 25.3 Å². The fourth-order valence-electron chi connectivity index (χ4n) is 2.59. The first-order valence-electron chi connectivity index (χ1n) is 7.47. The molecule has 0 fully saturated rings. The van der Waals surface area contributed by atoms with Crippen LogP contribution >= 0.6 is 0 Å². The van der Waals surface area contributed by atoms with Crippen LogP contribution < -0.4 is 9.47 Å². The molecule has 0 spiro atoms. The molecule has 0 amide bonds. The summed E-state index contributed by atoms with van der Waals surface area (Å²) in [5, 5.41) is 9.67. The lowest BCUT2D eigenvalue weighted by Gasteiger charge is -2.17. The van der Waals surface area contributed by atoms with Crippen LogP contribution in [0.25, 0.3) is 0 Å². The van der Waals surface area contributed by atoms with Gasteiger partial charge in [-0.2, -0.15) is 0 Å². The molecular weight excluding hydrogens is 292 g/mol. The van der Waals surface area contributed by atoms with Crippen molar-refractivity contribution in [3.63, 3.8) is 0 Å². The predicted molar refractivity (Wildman–Crippen MR) is 89.5 cm³/mol. The van der Waals surface area contributed by atoms with E-state index in [2.05, 4.69) is 0 Å². The third kappa shape index (κ3) is 3.83. The Kier molecular flexibility index (Phi) is 5.27. The van der Waals surface area contributed by atoms with Gasteiger partial charge in [0.25, 0.3) is 0 Å². The Bertz CT molecular complexity index is 707. The number of carboxylic acid groups (broad SMARTS) is 1. The van der Waals surface area contributed by atoms with Crippen molar-refractivity contribution in [3.8, 4) is 11.5 Å². The number of methoxy groups -OCH3 is 2. The average Bonchev–Trinajstić information content (AvgIpc) is 2.54. The van der Waals surface area contributed by atoms with Crippen molar-refractivity contribution in [3.05, 3.63) is 58.7 Å². The molecule has 0 aromatic heterocycles. The minimum atomic E-state index is -0.849. The van der Waals surface area contributed by atoms with Crippen LogP contribution in [0.2, 0.25) is 0 Å². The van der Waals surface area contributed by atoms with Crippen LogP contribution in [0.15, 0.2) is 36.4 Å². The summed E-state index contributed by atoms with van der Waals surface area (Å²) in [6.45, 7) is 4.00. The molecule has 2 aromatic carbocycles. The van der Waals surface area contributed by atoms with Crippen molar-refractivity contribution in [2.45, 2.75) is 26.2 Å². The molecule has 4 heteroatoms. The molecule has 0 saturated carbocycles. The lowest BCUT2D eigenvalue weighted by atomic mass is 9.90. The molecule has 23 heavy (non-hydrogen) atoms. The minimum absolute atomic E-state index is 0.345. The highest BCUT2D eigenvalue weighted by atomic mass is 16.5. The summed E-state index contributed by atoms with van der Waals surface area (Å²) in [4.78, 5) is 11.8. The van der Waals surface area contributed by atoms with E-state index in [4.69, 9.17) is 9.47 Å². The number of hydrogen-bond acceptors (Lipinski definition) is 3. The summed E-state index contributed by atoms with van der Waals surface area (Å²) in [6, 6.07) is 11.2. The summed E-state index contributed by atoms with van der Waals surface area (Å²) in [6.07, 6.45) is 0.345. The topological polar surface area (TPSA) is 55.8 Å². The van der Waals surface area contributed by atoms with Gasteiger partial charge < -0.3 is 14.6 Å². The van der Waals surface area contributed by atoms with E-state index in [-0.39, 0.29) is 0 Å². The molecule has 1 unspecified atom stereocenters. The monoisotopic (exact) mass is 314 g/mol. The zero-order valence-corrected chi connectivity index (χ0v) is 13.9. The van der Waals surface area contributed by atoms with Crippen molar-refractivity contribution in [1.82, 2.24) is 0 Å². The first kappa shape index (κ1) is 16.9. The second kappa shape index (κ2) is 7.18. The Morgan fingerprint density at radius 3 is 2.35 bits per heavy atom. The van der Waals surface area contributed by atoms with E-state index >= 15 is 0 Å². The molecular formula is C19H22O4. The third-order valence-corrected chi connectivity index (χ3v) is 4.14. The summed E-state index contributed by atoms with van der Waals surface area (Å²) < 4.78 is 10.6. The van der Waals surface area contributed by atoms with Crippen molar-refractivity contribution in [2.75, 3.05) is 14.2 Å².